The van der Waals surface area contributed by atoms with Gasteiger partial charge in [-0.1, -0.05) is 12.1 Å². The third kappa shape index (κ3) is 2.46. The molecule has 2 aliphatic rings. The Balaban J connectivity index is 1.92. The molecule has 0 aliphatic carbocycles. The standard InChI is InChI=1S/C13H15N3O3S/c17-16(18)9-4-1-3-8(7-9)11-10-5-2-6-19-12(10)15-13(20)14-11/h1,3-4,7,10-12H,2,5-6H2,(H2,14,15,20)/t10-,11-,12-/m0/s1. The monoisotopic (exact) mass is 293 g/mol. The van der Waals surface area contributed by atoms with Crippen LogP contribution in [0.3, 0.4) is 0 Å². The van der Waals surface area contributed by atoms with Crippen LogP contribution in [0, 0.1) is 16.0 Å². The van der Waals surface area contributed by atoms with Crippen LogP contribution in [0.2, 0.25) is 0 Å². The highest BCUT2D eigenvalue weighted by molar-refractivity contribution is 7.80. The number of nitro benzene ring substituents is 1. The Hall–Kier alpha value is -1.73. The highest BCUT2D eigenvalue weighted by Crippen LogP contribution is 2.35. The fraction of sp³-hybridized carbons (Fsp3) is 0.462. The lowest BCUT2D eigenvalue weighted by atomic mass is 9.85. The molecule has 0 spiro atoms. The smallest absolute Gasteiger partial charge is 0.269 e. The summed E-state index contributed by atoms with van der Waals surface area (Å²) in [7, 11) is 0. The molecule has 20 heavy (non-hydrogen) atoms. The Kier molecular flexibility index (Phi) is 3.54. The van der Waals surface area contributed by atoms with Crippen molar-refractivity contribution in [3.8, 4) is 0 Å². The average molecular weight is 293 g/mol. The number of thiocarbonyl (C=S) groups is 1. The van der Waals surface area contributed by atoms with E-state index in [0.717, 1.165) is 25.0 Å². The summed E-state index contributed by atoms with van der Waals surface area (Å²) < 4.78 is 5.71. The lowest BCUT2D eigenvalue weighted by Crippen LogP contribution is -2.58. The molecule has 0 bridgehead atoms. The molecule has 2 fully saturated rings. The maximum Gasteiger partial charge on any atom is 0.269 e. The zero-order valence-electron chi connectivity index (χ0n) is 10.7. The van der Waals surface area contributed by atoms with Gasteiger partial charge in [-0.25, -0.2) is 0 Å². The van der Waals surface area contributed by atoms with E-state index in [9.17, 15) is 10.1 Å². The van der Waals surface area contributed by atoms with Crippen LogP contribution in [-0.2, 0) is 4.74 Å². The van der Waals surface area contributed by atoms with Gasteiger partial charge in [-0.05, 0) is 30.6 Å². The molecule has 0 radical (unpaired) electrons. The third-order valence-electron chi connectivity index (χ3n) is 3.80. The summed E-state index contributed by atoms with van der Waals surface area (Å²) in [6.07, 6.45) is 1.88. The second-order valence-corrected chi connectivity index (χ2v) is 5.45. The topological polar surface area (TPSA) is 76.4 Å². The van der Waals surface area contributed by atoms with Crippen molar-refractivity contribution < 1.29 is 9.66 Å². The minimum Gasteiger partial charge on any atom is -0.358 e. The van der Waals surface area contributed by atoms with Crippen molar-refractivity contribution in [2.75, 3.05) is 6.61 Å². The maximum atomic E-state index is 10.9. The van der Waals surface area contributed by atoms with Gasteiger partial charge in [0.15, 0.2) is 5.11 Å². The number of rotatable bonds is 2. The zero-order valence-corrected chi connectivity index (χ0v) is 11.6. The summed E-state index contributed by atoms with van der Waals surface area (Å²) in [5.74, 6) is 0.220. The first-order valence-corrected chi connectivity index (χ1v) is 6.99. The third-order valence-corrected chi connectivity index (χ3v) is 4.03. The van der Waals surface area contributed by atoms with Crippen LogP contribution >= 0.6 is 12.2 Å². The summed E-state index contributed by atoms with van der Waals surface area (Å²) in [5, 5.41) is 17.8. The van der Waals surface area contributed by atoms with E-state index in [2.05, 4.69) is 10.6 Å². The minimum atomic E-state index is -0.377. The molecular formula is C13H15N3O3S. The van der Waals surface area contributed by atoms with E-state index in [0.29, 0.717) is 5.11 Å². The van der Waals surface area contributed by atoms with Crippen molar-refractivity contribution in [2.45, 2.75) is 25.1 Å². The molecule has 1 aromatic rings. The van der Waals surface area contributed by atoms with Crippen molar-refractivity contribution >= 4 is 23.0 Å². The lowest BCUT2D eigenvalue weighted by Gasteiger charge is -2.43. The Bertz CT molecular complexity index is 551. The predicted molar refractivity (Wildman–Crippen MR) is 77.2 cm³/mol. The van der Waals surface area contributed by atoms with E-state index in [1.165, 1.54) is 6.07 Å². The summed E-state index contributed by atoms with van der Waals surface area (Å²) in [4.78, 5) is 10.5. The van der Waals surface area contributed by atoms with Crippen molar-refractivity contribution in [3.63, 3.8) is 0 Å². The first kappa shape index (κ1) is 13.3. The van der Waals surface area contributed by atoms with E-state index in [4.69, 9.17) is 17.0 Å². The predicted octanol–water partition coefficient (Wildman–Crippen LogP) is 1.87. The van der Waals surface area contributed by atoms with Gasteiger partial charge in [0.2, 0.25) is 0 Å². The highest BCUT2D eigenvalue weighted by atomic mass is 32.1. The van der Waals surface area contributed by atoms with E-state index < -0.39 is 0 Å². The van der Waals surface area contributed by atoms with E-state index in [1.54, 1.807) is 12.1 Å². The molecule has 3 atom stereocenters. The van der Waals surface area contributed by atoms with Crippen LogP contribution in [-0.4, -0.2) is 22.9 Å². The number of nitrogens with one attached hydrogen (secondary N) is 2. The van der Waals surface area contributed by atoms with Gasteiger partial charge in [-0.2, -0.15) is 0 Å². The molecule has 2 N–H and O–H groups in total. The number of ether oxygens (including phenoxy) is 1. The lowest BCUT2D eigenvalue weighted by molar-refractivity contribution is -0.384. The van der Waals surface area contributed by atoms with Gasteiger partial charge in [0.05, 0.1) is 11.0 Å². The summed E-state index contributed by atoms with van der Waals surface area (Å²) >= 11 is 5.20. The van der Waals surface area contributed by atoms with E-state index >= 15 is 0 Å². The maximum absolute atomic E-state index is 10.9. The first-order chi connectivity index (χ1) is 9.65. The SMILES string of the molecule is O=[N+]([O-])c1cccc([C@@H]2NC(=S)N[C@H]3OCCC[C@H]32)c1. The van der Waals surface area contributed by atoms with E-state index in [-0.39, 0.29) is 28.8 Å². The van der Waals surface area contributed by atoms with Crippen LogP contribution in [0.15, 0.2) is 24.3 Å². The normalized spacial score (nSPS) is 29.0. The molecule has 6 nitrogen and oxygen atoms in total. The molecule has 106 valence electrons. The largest absolute Gasteiger partial charge is 0.358 e. The summed E-state index contributed by atoms with van der Waals surface area (Å²) in [5.41, 5.74) is 0.977. The molecule has 0 aromatic heterocycles. The quantitative estimate of drug-likeness (QED) is 0.492. The number of non-ortho nitro benzene ring substituents is 1. The van der Waals surface area contributed by atoms with Crippen molar-refractivity contribution in [3.05, 3.63) is 39.9 Å². The molecule has 7 heteroatoms. The Morgan fingerprint density at radius 2 is 2.25 bits per heavy atom. The Labute approximate surface area is 121 Å². The summed E-state index contributed by atoms with van der Waals surface area (Å²) in [6.45, 7) is 0.721. The first-order valence-electron chi connectivity index (χ1n) is 6.58. The second-order valence-electron chi connectivity index (χ2n) is 5.05. The van der Waals surface area contributed by atoms with Gasteiger partial charge in [0, 0.05) is 24.7 Å². The van der Waals surface area contributed by atoms with Crippen LogP contribution < -0.4 is 10.6 Å². The molecule has 0 unspecified atom stereocenters. The van der Waals surface area contributed by atoms with Crippen LogP contribution in [0.4, 0.5) is 5.69 Å². The van der Waals surface area contributed by atoms with Gasteiger partial charge in [0.1, 0.15) is 6.23 Å². The van der Waals surface area contributed by atoms with E-state index in [1.807, 2.05) is 6.07 Å². The molecule has 1 aromatic carbocycles. The fourth-order valence-corrected chi connectivity index (χ4v) is 3.12. The minimum absolute atomic E-state index is 0.0473. The van der Waals surface area contributed by atoms with Crippen molar-refractivity contribution in [2.24, 2.45) is 5.92 Å². The zero-order chi connectivity index (χ0) is 14.1. The number of hydrogen-bond acceptors (Lipinski definition) is 4. The number of fused-ring (bicyclic) bond motifs is 1. The fourth-order valence-electron chi connectivity index (χ4n) is 2.88. The van der Waals surface area contributed by atoms with Crippen molar-refractivity contribution in [1.29, 1.82) is 0 Å². The second kappa shape index (κ2) is 5.34. The molecule has 2 heterocycles. The highest BCUT2D eigenvalue weighted by Gasteiger charge is 2.38. The van der Waals surface area contributed by atoms with Gasteiger partial charge in [-0.3, -0.25) is 10.1 Å². The van der Waals surface area contributed by atoms with Gasteiger partial charge in [0.25, 0.3) is 5.69 Å². The molecule has 2 aliphatic heterocycles. The van der Waals surface area contributed by atoms with Crippen LogP contribution in [0.25, 0.3) is 0 Å². The molecule has 0 saturated carbocycles. The molecule has 2 saturated heterocycles. The van der Waals surface area contributed by atoms with Gasteiger partial charge < -0.3 is 15.4 Å². The van der Waals surface area contributed by atoms with Gasteiger partial charge in [-0.15, -0.1) is 0 Å². The van der Waals surface area contributed by atoms with Gasteiger partial charge >= 0.3 is 0 Å². The Morgan fingerprint density at radius 3 is 3.05 bits per heavy atom. The number of hydrogen-bond donors (Lipinski definition) is 2. The summed E-state index contributed by atoms with van der Waals surface area (Å²) in [6, 6.07) is 6.66. The molecule has 3 rings (SSSR count). The Morgan fingerprint density at radius 1 is 1.40 bits per heavy atom. The van der Waals surface area contributed by atoms with Crippen molar-refractivity contribution in [1.82, 2.24) is 10.6 Å². The molecular weight excluding hydrogens is 278 g/mol. The van der Waals surface area contributed by atoms with Crippen LogP contribution in [0.1, 0.15) is 24.4 Å². The molecule has 0 amide bonds. The number of nitro groups is 1. The van der Waals surface area contributed by atoms with Crippen LogP contribution in [0.5, 0.6) is 0 Å². The number of nitrogens with zero attached hydrogens (tertiary/aromatic N) is 1. The average Bonchev–Trinajstić information content (AvgIpc) is 2.46. The number of benzene rings is 1.